The maximum atomic E-state index is 11.3. The third kappa shape index (κ3) is 2.69. The van der Waals surface area contributed by atoms with Gasteiger partial charge < -0.3 is 0 Å². The summed E-state index contributed by atoms with van der Waals surface area (Å²) >= 11 is 8.50. The van der Waals surface area contributed by atoms with Gasteiger partial charge in [-0.15, -0.1) is 11.6 Å². The van der Waals surface area contributed by atoms with Crippen molar-refractivity contribution in [3.8, 4) is 0 Å². The maximum absolute atomic E-state index is 11.3. The Morgan fingerprint density at radius 3 is 2.15 bits per heavy atom. The molecule has 0 saturated carbocycles. The fourth-order valence-electron chi connectivity index (χ4n) is 0.849. The molecule has 0 atom stereocenters. The topological polar surface area (TPSA) is 34.1 Å². The lowest BCUT2D eigenvalue weighted by Gasteiger charge is -2.00. The largest absolute Gasteiger partial charge is 0.223 e. The third-order valence-corrected chi connectivity index (χ3v) is 4.97. The Kier molecular flexibility index (Phi) is 3.76. The van der Waals surface area contributed by atoms with Crippen LogP contribution in [0.2, 0.25) is 0 Å². The molecule has 0 heterocycles. The Morgan fingerprint density at radius 2 is 1.77 bits per heavy atom. The van der Waals surface area contributed by atoms with Crippen LogP contribution in [0.25, 0.3) is 0 Å². The van der Waals surface area contributed by atoms with Crippen LogP contribution in [0.3, 0.4) is 0 Å². The van der Waals surface area contributed by atoms with Crippen LogP contribution < -0.4 is 0 Å². The minimum atomic E-state index is -3.15. The zero-order chi connectivity index (χ0) is 9.90. The first-order valence-electron chi connectivity index (χ1n) is 3.54. The first kappa shape index (κ1) is 11.0. The molecule has 0 aliphatic rings. The van der Waals surface area contributed by atoms with Crippen molar-refractivity contribution in [2.75, 3.05) is 4.66 Å². The highest BCUT2D eigenvalue weighted by atomic mass is 79.9. The zero-order valence-electron chi connectivity index (χ0n) is 6.70. The molecule has 0 amide bonds. The molecule has 0 aromatic heterocycles. The lowest BCUT2D eigenvalue weighted by atomic mass is 10.2. The van der Waals surface area contributed by atoms with Crippen LogP contribution in [-0.4, -0.2) is 13.1 Å². The van der Waals surface area contributed by atoms with Gasteiger partial charge in [-0.25, -0.2) is 8.42 Å². The van der Waals surface area contributed by atoms with E-state index in [4.69, 9.17) is 11.6 Å². The summed E-state index contributed by atoms with van der Waals surface area (Å²) in [5.74, 6) is 0.397. The van der Waals surface area contributed by atoms with Gasteiger partial charge in [0.2, 0.25) is 0 Å². The molecule has 1 aromatic carbocycles. The van der Waals surface area contributed by atoms with Crippen molar-refractivity contribution < 1.29 is 8.42 Å². The normalized spacial score (nSPS) is 11.5. The molecule has 13 heavy (non-hydrogen) atoms. The van der Waals surface area contributed by atoms with Gasteiger partial charge >= 0.3 is 0 Å². The molecule has 1 aromatic rings. The van der Waals surface area contributed by atoms with Gasteiger partial charge in [0.1, 0.15) is 4.66 Å². The van der Waals surface area contributed by atoms with E-state index >= 15 is 0 Å². The Labute approximate surface area is 91.0 Å². The minimum Gasteiger partial charge on any atom is -0.223 e. The molecule has 0 aliphatic heterocycles. The number of halogens is 2. The number of hydrogen-bond donors (Lipinski definition) is 0. The average Bonchev–Trinajstić information content (AvgIpc) is 2.18. The van der Waals surface area contributed by atoms with Crippen molar-refractivity contribution in [2.24, 2.45) is 0 Å². The summed E-state index contributed by atoms with van der Waals surface area (Å²) in [6.07, 6.45) is 0. The first-order chi connectivity index (χ1) is 6.10. The quantitative estimate of drug-likeness (QED) is 0.799. The maximum Gasteiger partial charge on any atom is 0.188 e. The Balaban J connectivity index is 3.06. The van der Waals surface area contributed by atoms with Gasteiger partial charge in [0.15, 0.2) is 9.84 Å². The van der Waals surface area contributed by atoms with Crippen LogP contribution in [0, 0.1) is 0 Å². The molecule has 5 heteroatoms. The van der Waals surface area contributed by atoms with Gasteiger partial charge in [-0.05, 0) is 17.7 Å². The van der Waals surface area contributed by atoms with Crippen LogP contribution in [0.5, 0.6) is 0 Å². The second-order valence-corrected chi connectivity index (χ2v) is 6.06. The molecule has 1 rings (SSSR count). The molecule has 0 spiro atoms. The SMILES string of the molecule is O=S(=O)(CBr)c1ccc(CCl)cc1. The van der Waals surface area contributed by atoms with Crippen LogP contribution in [0.4, 0.5) is 0 Å². The highest BCUT2D eigenvalue weighted by Gasteiger charge is 2.11. The van der Waals surface area contributed by atoms with Gasteiger partial charge in [-0.1, -0.05) is 28.1 Å². The first-order valence-corrected chi connectivity index (χ1v) is 6.84. The lowest BCUT2D eigenvalue weighted by Crippen LogP contribution is -2.01. The van der Waals surface area contributed by atoms with E-state index in [0.717, 1.165) is 5.56 Å². The lowest BCUT2D eigenvalue weighted by molar-refractivity contribution is 0.601. The van der Waals surface area contributed by atoms with Gasteiger partial charge in [-0.2, -0.15) is 0 Å². The number of hydrogen-bond acceptors (Lipinski definition) is 2. The molecular weight excluding hydrogens is 276 g/mol. The van der Waals surface area contributed by atoms with Gasteiger partial charge in [0, 0.05) is 5.88 Å². The van der Waals surface area contributed by atoms with Crippen LogP contribution in [0.15, 0.2) is 29.2 Å². The van der Waals surface area contributed by atoms with E-state index in [0.29, 0.717) is 10.8 Å². The molecule has 0 unspecified atom stereocenters. The Morgan fingerprint density at radius 1 is 1.23 bits per heavy atom. The van der Waals surface area contributed by atoms with E-state index in [1.165, 1.54) is 0 Å². The number of sulfone groups is 1. The summed E-state index contributed by atoms with van der Waals surface area (Å²) < 4.78 is 22.6. The van der Waals surface area contributed by atoms with E-state index in [1.54, 1.807) is 24.3 Å². The summed E-state index contributed by atoms with van der Waals surface area (Å²) in [5.41, 5.74) is 0.912. The van der Waals surface area contributed by atoms with Crippen LogP contribution in [-0.2, 0) is 15.7 Å². The molecule has 72 valence electrons. The minimum absolute atomic E-state index is 0.0553. The number of rotatable bonds is 3. The Bertz CT molecular complexity index is 372. The number of alkyl halides is 2. The fourth-order valence-corrected chi connectivity index (χ4v) is 2.50. The third-order valence-electron chi connectivity index (χ3n) is 1.58. The molecule has 0 radical (unpaired) electrons. The van der Waals surface area contributed by atoms with E-state index in [1.807, 2.05) is 0 Å². The molecule has 0 N–H and O–H groups in total. The van der Waals surface area contributed by atoms with Crippen molar-refractivity contribution in [3.05, 3.63) is 29.8 Å². The van der Waals surface area contributed by atoms with Crippen molar-refractivity contribution >= 4 is 37.4 Å². The summed E-state index contributed by atoms with van der Waals surface area (Å²) in [7, 11) is -3.15. The monoisotopic (exact) mass is 282 g/mol. The van der Waals surface area contributed by atoms with Gasteiger partial charge in [-0.3, -0.25) is 0 Å². The van der Waals surface area contributed by atoms with E-state index in [9.17, 15) is 8.42 Å². The van der Waals surface area contributed by atoms with E-state index in [-0.39, 0.29) is 4.66 Å². The highest BCUT2D eigenvalue weighted by Crippen LogP contribution is 2.14. The molecule has 0 fully saturated rings. The molecule has 0 saturated heterocycles. The predicted octanol–water partition coefficient (Wildman–Crippen LogP) is 2.55. The highest BCUT2D eigenvalue weighted by molar-refractivity contribution is 9.10. The van der Waals surface area contributed by atoms with Gasteiger partial charge in [0.25, 0.3) is 0 Å². The molecular formula is C8H8BrClO2S. The van der Waals surface area contributed by atoms with Crippen molar-refractivity contribution in [3.63, 3.8) is 0 Å². The van der Waals surface area contributed by atoms with E-state index < -0.39 is 9.84 Å². The second kappa shape index (κ2) is 4.44. The zero-order valence-corrected chi connectivity index (χ0v) is 9.86. The molecule has 2 nitrogen and oxygen atoms in total. The average molecular weight is 284 g/mol. The van der Waals surface area contributed by atoms with Crippen LogP contribution >= 0.6 is 27.5 Å². The second-order valence-electron chi connectivity index (χ2n) is 2.50. The summed E-state index contributed by atoms with van der Waals surface area (Å²) in [5, 5.41) is 0. The van der Waals surface area contributed by atoms with Crippen LogP contribution in [0.1, 0.15) is 5.56 Å². The van der Waals surface area contributed by atoms with Crippen molar-refractivity contribution in [2.45, 2.75) is 10.8 Å². The molecule has 0 aliphatic carbocycles. The van der Waals surface area contributed by atoms with E-state index in [2.05, 4.69) is 15.9 Å². The smallest absolute Gasteiger partial charge is 0.188 e. The van der Waals surface area contributed by atoms with Gasteiger partial charge in [0.05, 0.1) is 4.90 Å². The summed E-state index contributed by atoms with van der Waals surface area (Å²) in [6, 6.07) is 6.55. The summed E-state index contributed by atoms with van der Waals surface area (Å²) in [4.78, 5) is 0.318. The Hall–Kier alpha value is -0.0600. The fraction of sp³-hybridized carbons (Fsp3) is 0.250. The van der Waals surface area contributed by atoms with Crippen molar-refractivity contribution in [1.29, 1.82) is 0 Å². The predicted molar refractivity (Wildman–Crippen MR) is 57.0 cm³/mol. The standard InChI is InChI=1S/C8H8BrClO2S/c9-6-13(11,12)8-3-1-7(5-10)2-4-8/h1-4H,5-6H2. The summed E-state index contributed by atoms with van der Waals surface area (Å²) in [6.45, 7) is 0. The number of benzene rings is 1. The molecule has 0 bridgehead atoms. The van der Waals surface area contributed by atoms with Crippen molar-refractivity contribution in [1.82, 2.24) is 0 Å².